The highest BCUT2D eigenvalue weighted by Gasteiger charge is 2.30. The zero-order valence-electron chi connectivity index (χ0n) is 22.8. The van der Waals surface area contributed by atoms with E-state index in [-0.39, 0.29) is 41.5 Å². The van der Waals surface area contributed by atoms with E-state index in [1.807, 2.05) is 49.1 Å². The third kappa shape index (κ3) is 6.01. The molecule has 0 spiro atoms. The predicted molar refractivity (Wildman–Crippen MR) is 162 cm³/mol. The molecule has 0 radical (unpaired) electrons. The number of piperidine rings is 1. The van der Waals surface area contributed by atoms with Gasteiger partial charge in [0.15, 0.2) is 16.4 Å². The van der Waals surface area contributed by atoms with Crippen molar-refractivity contribution >= 4 is 41.8 Å². The molecule has 40 heavy (non-hydrogen) atoms. The van der Waals surface area contributed by atoms with E-state index in [2.05, 4.69) is 36.9 Å². The van der Waals surface area contributed by atoms with Crippen molar-refractivity contribution in [2.45, 2.75) is 64.7 Å². The molecule has 1 saturated carbocycles. The van der Waals surface area contributed by atoms with E-state index in [0.29, 0.717) is 24.3 Å². The third-order valence-corrected chi connectivity index (χ3v) is 8.09. The summed E-state index contributed by atoms with van der Waals surface area (Å²) >= 11 is 6.01. The van der Waals surface area contributed by atoms with Crippen LogP contribution >= 0.6 is 25.1 Å². The zero-order chi connectivity index (χ0) is 27.1. The van der Waals surface area contributed by atoms with Gasteiger partial charge in [0, 0.05) is 67.6 Å². The van der Waals surface area contributed by atoms with Crippen LogP contribution < -0.4 is 10.3 Å². The molecule has 4 aromatic rings. The van der Waals surface area contributed by atoms with Crippen molar-refractivity contribution in [3.05, 3.63) is 92.6 Å². The Morgan fingerprint density at radius 3 is 2.62 bits per heavy atom. The molecule has 10 heteroatoms. The van der Waals surface area contributed by atoms with E-state index in [1.54, 1.807) is 0 Å². The molecule has 210 valence electrons. The Balaban J connectivity index is 0.00000323. The molecule has 0 aromatic carbocycles. The molecule has 0 bridgehead atoms. The number of aryl methyl sites for hydroxylation is 2. The number of hydrogen-bond acceptors (Lipinski definition) is 6. The second-order valence-corrected chi connectivity index (χ2v) is 11.2. The Morgan fingerprint density at radius 1 is 1.07 bits per heavy atom. The highest BCUT2D eigenvalue weighted by Crippen LogP contribution is 2.37. The Hall–Kier alpha value is -3.01. The number of rotatable bonds is 7. The molecule has 0 amide bonds. The fourth-order valence-electron chi connectivity index (χ4n) is 5.63. The van der Waals surface area contributed by atoms with E-state index in [0.717, 1.165) is 61.4 Å². The first-order valence-corrected chi connectivity index (χ1v) is 14.0. The molecule has 1 atom stereocenters. The minimum atomic E-state index is -0.667. The Morgan fingerprint density at radius 2 is 1.90 bits per heavy atom. The summed E-state index contributed by atoms with van der Waals surface area (Å²) < 4.78 is 16.5. The minimum Gasteiger partial charge on any atom is -0.369 e. The molecule has 1 aliphatic heterocycles. The molecule has 2 aliphatic rings. The largest absolute Gasteiger partial charge is 0.369 e. The lowest BCUT2D eigenvalue weighted by atomic mass is 10.0. The van der Waals surface area contributed by atoms with Gasteiger partial charge in [-0.3, -0.25) is 19.7 Å². The molecule has 5 heterocycles. The first-order valence-electron chi connectivity index (χ1n) is 13.6. The van der Waals surface area contributed by atoms with Crippen molar-refractivity contribution in [1.82, 2.24) is 24.4 Å². The standard InChI is InChI=1S/C30H32ClFN6O.H2S/c1-19-5-6-24(14-34-19)36-11-3-4-25(18-36)37(15-21-9-10-33-20(2)12-21)16-22-17-38(23-7-8-23)30-26(28(22)39)13-27(32)29(31)35-30;/h5-6,9-10,12-14,17,23,25H,3-4,7-8,11,15-16,18H2,1-2H3;1H2/t25-;/m0./s1. The van der Waals surface area contributed by atoms with Crippen LogP contribution in [0.15, 0.2) is 53.7 Å². The van der Waals surface area contributed by atoms with Crippen molar-refractivity contribution in [3.8, 4) is 0 Å². The number of aromatic nitrogens is 4. The number of nitrogens with zero attached hydrogens (tertiary/aromatic N) is 6. The van der Waals surface area contributed by atoms with Gasteiger partial charge in [-0.15, -0.1) is 0 Å². The highest BCUT2D eigenvalue weighted by atomic mass is 35.5. The predicted octanol–water partition coefficient (Wildman–Crippen LogP) is 5.71. The van der Waals surface area contributed by atoms with Gasteiger partial charge in [-0.05, 0) is 75.4 Å². The molecule has 2 fully saturated rings. The quantitative estimate of drug-likeness (QED) is 0.261. The number of anilines is 1. The monoisotopic (exact) mass is 580 g/mol. The smallest absolute Gasteiger partial charge is 0.195 e. The van der Waals surface area contributed by atoms with Gasteiger partial charge in [0.05, 0.1) is 17.3 Å². The molecule has 0 unspecified atom stereocenters. The number of fused-ring (bicyclic) bond motifs is 1. The van der Waals surface area contributed by atoms with Crippen LogP contribution in [-0.2, 0) is 13.1 Å². The Kier molecular flexibility index (Phi) is 8.44. The average Bonchev–Trinajstić information content (AvgIpc) is 3.77. The van der Waals surface area contributed by atoms with Gasteiger partial charge in [-0.25, -0.2) is 9.37 Å². The number of halogens is 2. The van der Waals surface area contributed by atoms with Crippen molar-refractivity contribution in [1.29, 1.82) is 0 Å². The third-order valence-electron chi connectivity index (χ3n) is 7.82. The minimum absolute atomic E-state index is 0. The van der Waals surface area contributed by atoms with Crippen LogP contribution in [0.25, 0.3) is 11.0 Å². The molecule has 1 aliphatic carbocycles. The lowest BCUT2D eigenvalue weighted by molar-refractivity contribution is 0.158. The van der Waals surface area contributed by atoms with Gasteiger partial charge in [-0.2, -0.15) is 13.5 Å². The van der Waals surface area contributed by atoms with E-state index in [4.69, 9.17) is 11.6 Å². The number of pyridine rings is 4. The maximum absolute atomic E-state index is 14.4. The molecule has 6 rings (SSSR count). The van der Waals surface area contributed by atoms with Crippen molar-refractivity contribution < 1.29 is 4.39 Å². The Bertz CT molecular complexity index is 1580. The van der Waals surface area contributed by atoms with Crippen LogP contribution in [0.5, 0.6) is 0 Å². The zero-order valence-corrected chi connectivity index (χ0v) is 24.5. The highest BCUT2D eigenvalue weighted by molar-refractivity contribution is 7.59. The normalized spacial score (nSPS) is 17.3. The van der Waals surface area contributed by atoms with E-state index >= 15 is 0 Å². The first kappa shape index (κ1) is 28.5. The van der Waals surface area contributed by atoms with Gasteiger partial charge < -0.3 is 9.47 Å². The fraction of sp³-hybridized carbons (Fsp3) is 0.400. The molecule has 1 saturated heterocycles. The summed E-state index contributed by atoms with van der Waals surface area (Å²) in [4.78, 5) is 31.6. The summed E-state index contributed by atoms with van der Waals surface area (Å²) in [6.07, 6.45) is 9.80. The summed E-state index contributed by atoms with van der Waals surface area (Å²) in [5.74, 6) is -0.667. The average molecular weight is 581 g/mol. The summed E-state index contributed by atoms with van der Waals surface area (Å²) in [7, 11) is 0. The van der Waals surface area contributed by atoms with Gasteiger partial charge in [0.2, 0.25) is 0 Å². The lowest BCUT2D eigenvalue weighted by Crippen LogP contribution is -2.48. The van der Waals surface area contributed by atoms with E-state index < -0.39 is 5.82 Å². The molecule has 4 aromatic heterocycles. The van der Waals surface area contributed by atoms with Crippen LogP contribution in [-0.4, -0.2) is 43.6 Å². The van der Waals surface area contributed by atoms with Crippen molar-refractivity contribution in [2.24, 2.45) is 0 Å². The van der Waals surface area contributed by atoms with Crippen LogP contribution in [0.1, 0.15) is 54.2 Å². The summed E-state index contributed by atoms with van der Waals surface area (Å²) in [5.41, 5.74) is 5.16. The van der Waals surface area contributed by atoms with Crippen LogP contribution in [0, 0.1) is 19.7 Å². The SMILES string of the molecule is Cc1ccc(N2CCC[C@H](N(Cc3ccnc(C)c3)Cc3cn(C4CC4)c4nc(Cl)c(F)cc4c3=O)C2)cn1.S. The summed E-state index contributed by atoms with van der Waals surface area (Å²) in [5, 5.41) is 0.0867. The summed E-state index contributed by atoms with van der Waals surface area (Å²) in [6, 6.07) is 10.0. The molecule has 0 N–H and O–H groups in total. The maximum atomic E-state index is 14.4. The summed E-state index contributed by atoms with van der Waals surface area (Å²) in [6.45, 7) is 6.93. The van der Waals surface area contributed by atoms with Crippen LogP contribution in [0.2, 0.25) is 5.15 Å². The lowest BCUT2D eigenvalue weighted by Gasteiger charge is -2.40. The van der Waals surface area contributed by atoms with Gasteiger partial charge in [0.25, 0.3) is 0 Å². The van der Waals surface area contributed by atoms with Gasteiger partial charge in [-0.1, -0.05) is 11.6 Å². The van der Waals surface area contributed by atoms with E-state index in [9.17, 15) is 9.18 Å². The topological polar surface area (TPSA) is 67.2 Å². The van der Waals surface area contributed by atoms with Crippen LogP contribution in [0.3, 0.4) is 0 Å². The first-order chi connectivity index (χ1) is 18.9. The van der Waals surface area contributed by atoms with Crippen molar-refractivity contribution in [2.75, 3.05) is 18.0 Å². The fourth-order valence-corrected chi connectivity index (χ4v) is 5.76. The second kappa shape index (κ2) is 11.8. The second-order valence-electron chi connectivity index (χ2n) is 10.9. The molecular weight excluding hydrogens is 547 g/mol. The number of hydrogen-bond donors (Lipinski definition) is 0. The van der Waals surface area contributed by atoms with Gasteiger partial charge >= 0.3 is 0 Å². The Labute approximate surface area is 245 Å². The molecular formula is C30H34ClFN6OS. The van der Waals surface area contributed by atoms with Gasteiger partial charge in [0.1, 0.15) is 5.65 Å². The molecule has 7 nitrogen and oxygen atoms in total. The maximum Gasteiger partial charge on any atom is 0.195 e. The van der Waals surface area contributed by atoms with E-state index in [1.165, 1.54) is 6.07 Å². The van der Waals surface area contributed by atoms with Crippen molar-refractivity contribution in [3.63, 3.8) is 0 Å². The van der Waals surface area contributed by atoms with Crippen LogP contribution in [0.4, 0.5) is 10.1 Å².